The minimum Gasteiger partial charge on any atom is -0.218 e. The number of hydrogen-bond acceptors (Lipinski definition) is 4. The zero-order valence-corrected chi connectivity index (χ0v) is 19.7. The molecule has 3 aromatic rings. The second-order valence-electron chi connectivity index (χ2n) is 7.78. The number of nitrogens with one attached hydrogen (secondary N) is 1. The van der Waals surface area contributed by atoms with Crippen LogP contribution in [0.5, 0.6) is 0 Å². The van der Waals surface area contributed by atoms with Crippen LogP contribution in [0.3, 0.4) is 0 Å². The Balaban J connectivity index is 2.03. The van der Waals surface area contributed by atoms with E-state index in [1.165, 1.54) is 12.1 Å². The van der Waals surface area contributed by atoms with E-state index in [4.69, 9.17) is 0 Å². The van der Waals surface area contributed by atoms with Gasteiger partial charge in [-0.2, -0.15) is 13.2 Å². The Bertz CT molecular complexity index is 1400. The Hall–Kier alpha value is -2.76. The monoisotopic (exact) mass is 515 g/mol. The van der Waals surface area contributed by atoms with Crippen LogP contribution < -0.4 is 4.72 Å². The van der Waals surface area contributed by atoms with E-state index >= 15 is 0 Å². The summed E-state index contributed by atoms with van der Waals surface area (Å²) in [4.78, 5) is -1.35. The number of halogens is 4. The van der Waals surface area contributed by atoms with Gasteiger partial charge in [0.1, 0.15) is 10.7 Å². The van der Waals surface area contributed by atoms with Crippen molar-refractivity contribution in [1.82, 2.24) is 4.72 Å². The Morgan fingerprint density at radius 1 is 0.882 bits per heavy atom. The van der Waals surface area contributed by atoms with Gasteiger partial charge in [-0.25, -0.2) is 25.9 Å². The molecule has 0 saturated carbocycles. The van der Waals surface area contributed by atoms with Gasteiger partial charge in [-0.15, -0.1) is 0 Å². The molecule has 1 atom stereocenters. The number of sulfone groups is 1. The van der Waals surface area contributed by atoms with E-state index in [1.807, 2.05) is 0 Å². The summed E-state index contributed by atoms with van der Waals surface area (Å²) in [7, 11) is -8.03. The molecule has 3 rings (SSSR count). The second kappa shape index (κ2) is 9.47. The highest BCUT2D eigenvalue weighted by Gasteiger charge is 2.34. The van der Waals surface area contributed by atoms with Gasteiger partial charge in [0.05, 0.1) is 16.7 Å². The van der Waals surface area contributed by atoms with E-state index in [1.54, 1.807) is 31.2 Å². The molecular weight excluding hydrogens is 494 g/mol. The van der Waals surface area contributed by atoms with E-state index in [0.29, 0.717) is 17.2 Å². The van der Waals surface area contributed by atoms with Gasteiger partial charge >= 0.3 is 6.18 Å². The lowest BCUT2D eigenvalue weighted by Gasteiger charge is -2.16. The van der Waals surface area contributed by atoms with Crippen molar-refractivity contribution in [3.63, 3.8) is 0 Å². The smallest absolute Gasteiger partial charge is 0.218 e. The molecule has 0 aliphatic rings. The fourth-order valence-corrected chi connectivity index (χ4v) is 5.81. The first-order valence-corrected chi connectivity index (χ1v) is 13.3. The standard InChI is InChI=1S/C23H21F4NO4S2/c1-15(28-33(2,29)30)17-9-7-16(8-10-17)13-18-11-12-19(23(25,26)27)14-22(18)34(31,32)21-6-4-3-5-20(21)24/h3-12,14-15,28H,13H2,1-2H3/t15-/m0/s1. The first kappa shape index (κ1) is 25.9. The lowest BCUT2D eigenvalue weighted by Crippen LogP contribution is -2.25. The minimum atomic E-state index is -4.79. The van der Waals surface area contributed by atoms with Crippen LogP contribution in [0.15, 0.2) is 76.5 Å². The molecule has 0 aliphatic heterocycles. The molecule has 34 heavy (non-hydrogen) atoms. The molecule has 0 spiro atoms. The topological polar surface area (TPSA) is 80.3 Å². The van der Waals surface area contributed by atoms with Gasteiger partial charge in [-0.3, -0.25) is 0 Å². The van der Waals surface area contributed by atoms with Crippen LogP contribution in [-0.4, -0.2) is 23.1 Å². The summed E-state index contributed by atoms with van der Waals surface area (Å²) in [5.41, 5.74) is 0.106. The summed E-state index contributed by atoms with van der Waals surface area (Å²) in [5, 5.41) is 0. The van der Waals surface area contributed by atoms with Gasteiger partial charge in [0.15, 0.2) is 0 Å². The molecule has 0 bridgehead atoms. The Kier molecular flexibility index (Phi) is 7.20. The maximum atomic E-state index is 14.3. The summed E-state index contributed by atoms with van der Waals surface area (Å²) < 4.78 is 106. The van der Waals surface area contributed by atoms with Crippen molar-refractivity contribution in [2.45, 2.75) is 35.4 Å². The lowest BCUT2D eigenvalue weighted by atomic mass is 10.0. The van der Waals surface area contributed by atoms with Gasteiger partial charge in [-0.1, -0.05) is 42.5 Å². The quantitative estimate of drug-likeness (QED) is 0.455. The predicted octanol–water partition coefficient (Wildman–Crippen LogP) is 4.88. The van der Waals surface area contributed by atoms with Crippen LogP contribution in [0.25, 0.3) is 0 Å². The molecule has 3 aromatic carbocycles. The SMILES string of the molecule is C[C@H](NS(C)(=O)=O)c1ccc(Cc2ccc(C(F)(F)F)cc2S(=O)(=O)c2ccccc2F)cc1. The van der Waals surface area contributed by atoms with Crippen LogP contribution in [-0.2, 0) is 32.5 Å². The number of hydrogen-bond donors (Lipinski definition) is 1. The summed E-state index contributed by atoms with van der Waals surface area (Å²) in [5.74, 6) is -1.07. The highest BCUT2D eigenvalue weighted by atomic mass is 32.2. The Morgan fingerprint density at radius 3 is 2.06 bits per heavy atom. The molecule has 1 N–H and O–H groups in total. The first-order chi connectivity index (χ1) is 15.7. The summed E-state index contributed by atoms with van der Waals surface area (Å²) in [6.07, 6.45) is -3.81. The van der Waals surface area contributed by atoms with Crippen molar-refractivity contribution < 1.29 is 34.4 Å². The fraction of sp³-hybridized carbons (Fsp3) is 0.217. The number of rotatable bonds is 7. The lowest BCUT2D eigenvalue weighted by molar-refractivity contribution is -0.137. The molecule has 0 heterocycles. The van der Waals surface area contributed by atoms with Crippen LogP contribution in [0.4, 0.5) is 17.6 Å². The number of alkyl halides is 3. The van der Waals surface area contributed by atoms with Gasteiger partial charge in [-0.05, 0) is 54.3 Å². The maximum Gasteiger partial charge on any atom is 0.416 e. The molecule has 5 nitrogen and oxygen atoms in total. The zero-order chi connectivity index (χ0) is 25.3. The molecule has 0 unspecified atom stereocenters. The third-order valence-corrected chi connectivity index (χ3v) is 7.73. The summed E-state index contributed by atoms with van der Waals surface area (Å²) in [6.45, 7) is 1.64. The second-order valence-corrected chi connectivity index (χ2v) is 11.5. The molecular formula is C23H21F4NO4S2. The Labute approximate surface area is 195 Å². The molecule has 0 aliphatic carbocycles. The van der Waals surface area contributed by atoms with Crippen LogP contribution in [0.1, 0.15) is 35.2 Å². The number of benzene rings is 3. The largest absolute Gasteiger partial charge is 0.416 e. The van der Waals surface area contributed by atoms with Crippen molar-refractivity contribution in [3.8, 4) is 0 Å². The molecule has 182 valence electrons. The van der Waals surface area contributed by atoms with E-state index in [2.05, 4.69) is 4.72 Å². The molecule has 0 saturated heterocycles. The molecule has 11 heteroatoms. The number of sulfonamides is 1. The Morgan fingerprint density at radius 2 is 1.50 bits per heavy atom. The van der Waals surface area contributed by atoms with Gasteiger partial charge in [0.25, 0.3) is 0 Å². The highest BCUT2D eigenvalue weighted by molar-refractivity contribution is 7.91. The highest BCUT2D eigenvalue weighted by Crippen LogP contribution is 2.35. The predicted molar refractivity (Wildman–Crippen MR) is 119 cm³/mol. The van der Waals surface area contributed by atoms with Crippen molar-refractivity contribution in [2.24, 2.45) is 0 Å². The van der Waals surface area contributed by atoms with E-state index in [9.17, 15) is 34.4 Å². The minimum absolute atomic E-state index is 0.0463. The molecule has 0 amide bonds. The van der Waals surface area contributed by atoms with Crippen molar-refractivity contribution in [2.75, 3.05) is 6.26 Å². The van der Waals surface area contributed by atoms with Crippen molar-refractivity contribution in [3.05, 3.63) is 94.8 Å². The van der Waals surface area contributed by atoms with Crippen LogP contribution >= 0.6 is 0 Å². The first-order valence-electron chi connectivity index (χ1n) is 9.94. The van der Waals surface area contributed by atoms with Gasteiger partial charge in [0, 0.05) is 6.04 Å². The summed E-state index contributed by atoms with van der Waals surface area (Å²) >= 11 is 0. The maximum absolute atomic E-state index is 14.3. The zero-order valence-electron chi connectivity index (χ0n) is 18.1. The van der Waals surface area contributed by atoms with Crippen LogP contribution in [0, 0.1) is 5.82 Å². The van der Waals surface area contributed by atoms with Gasteiger partial charge in [0.2, 0.25) is 19.9 Å². The van der Waals surface area contributed by atoms with Crippen molar-refractivity contribution >= 4 is 19.9 Å². The van der Waals surface area contributed by atoms with Crippen LogP contribution in [0.2, 0.25) is 0 Å². The average molecular weight is 516 g/mol. The summed E-state index contributed by atoms with van der Waals surface area (Å²) in [6, 6.07) is 12.8. The van der Waals surface area contributed by atoms with E-state index in [0.717, 1.165) is 30.5 Å². The fourth-order valence-electron chi connectivity index (χ4n) is 3.44. The van der Waals surface area contributed by atoms with Crippen molar-refractivity contribution in [1.29, 1.82) is 0 Å². The molecule has 0 aromatic heterocycles. The van der Waals surface area contributed by atoms with Gasteiger partial charge < -0.3 is 0 Å². The average Bonchev–Trinajstić information content (AvgIpc) is 2.72. The molecule has 0 fully saturated rings. The molecule has 0 radical (unpaired) electrons. The third kappa shape index (κ3) is 6.02. The third-order valence-electron chi connectivity index (χ3n) is 5.08. The van der Waals surface area contributed by atoms with E-state index in [-0.39, 0.29) is 12.0 Å². The van der Waals surface area contributed by atoms with E-state index < -0.39 is 53.3 Å². The normalized spacial score (nSPS) is 13.6.